The second kappa shape index (κ2) is 12.3. The van der Waals surface area contributed by atoms with Gasteiger partial charge in [0.15, 0.2) is 0 Å². The number of ether oxygens (including phenoxy) is 2. The van der Waals surface area contributed by atoms with E-state index < -0.39 is 0 Å². The molecule has 2 fully saturated rings. The van der Waals surface area contributed by atoms with E-state index in [1.165, 1.54) is 0 Å². The van der Waals surface area contributed by atoms with Gasteiger partial charge in [-0.2, -0.15) is 0 Å². The molecule has 0 unspecified atom stereocenters. The first kappa shape index (κ1) is 26.7. The number of aryl methyl sites for hydroxylation is 1. The summed E-state index contributed by atoms with van der Waals surface area (Å²) < 4.78 is 16.3. The minimum absolute atomic E-state index is 0.00134. The molecule has 0 saturated heterocycles. The molecule has 2 aliphatic rings. The molecule has 0 atom stereocenters. The van der Waals surface area contributed by atoms with E-state index in [2.05, 4.69) is 26.1 Å². The molecular weight excluding hydrogens is 478 g/mol. The van der Waals surface area contributed by atoms with Crippen molar-refractivity contribution in [3.05, 3.63) is 35.7 Å². The van der Waals surface area contributed by atoms with Gasteiger partial charge in [-0.3, -0.25) is 14.4 Å². The number of amides is 3. The van der Waals surface area contributed by atoms with Gasteiger partial charge in [-0.1, -0.05) is 0 Å². The lowest BCUT2D eigenvalue weighted by atomic mass is 9.52. The normalized spacial score (nSPS) is 22.1. The molecular formula is C26H35N5O6. The minimum atomic E-state index is -0.193. The van der Waals surface area contributed by atoms with Crippen LogP contribution in [0.5, 0.6) is 0 Å². The van der Waals surface area contributed by atoms with E-state index >= 15 is 0 Å². The standard InChI is InChI=1S/C26H35N5O6/c1-17(32)28-21-13-26(14-21)15-22(16-26)29-23(33)7-9-35-11-12-36-10-8-27-24(34)19-3-5-20(6-4-19)25-31-30-18(2)37-25/h3-6,21-22H,7-16H2,1-2H3,(H,27,34)(H,28,32)(H,29,33). The van der Waals surface area contributed by atoms with Crippen LogP contribution in [-0.4, -0.2) is 73.0 Å². The Bertz CT molecular complexity index is 1070. The number of nitrogens with one attached hydrogen (secondary N) is 3. The number of nitrogens with zero attached hydrogens (tertiary/aromatic N) is 2. The van der Waals surface area contributed by atoms with Crippen molar-refractivity contribution >= 4 is 17.7 Å². The van der Waals surface area contributed by atoms with Gasteiger partial charge < -0.3 is 29.8 Å². The molecule has 0 aliphatic heterocycles. The fourth-order valence-electron chi connectivity index (χ4n) is 5.10. The van der Waals surface area contributed by atoms with Crippen molar-refractivity contribution in [2.24, 2.45) is 5.41 Å². The molecule has 2 aliphatic carbocycles. The summed E-state index contributed by atoms with van der Waals surface area (Å²) in [6.07, 6.45) is 4.33. The van der Waals surface area contributed by atoms with Crippen molar-refractivity contribution in [1.82, 2.24) is 26.1 Å². The van der Waals surface area contributed by atoms with Gasteiger partial charge in [0.25, 0.3) is 5.91 Å². The molecule has 3 amide bonds. The topological polar surface area (TPSA) is 145 Å². The van der Waals surface area contributed by atoms with Crippen molar-refractivity contribution in [3.63, 3.8) is 0 Å². The number of carbonyl (C=O) groups excluding carboxylic acids is 3. The van der Waals surface area contributed by atoms with Crippen LogP contribution in [-0.2, 0) is 19.1 Å². The number of rotatable bonds is 13. The maximum Gasteiger partial charge on any atom is 0.251 e. The van der Waals surface area contributed by atoms with Crippen LogP contribution in [0.25, 0.3) is 11.5 Å². The summed E-state index contributed by atoms with van der Waals surface area (Å²) in [5, 5.41) is 16.6. The average Bonchev–Trinajstić information content (AvgIpc) is 3.26. The minimum Gasteiger partial charge on any atom is -0.421 e. The van der Waals surface area contributed by atoms with E-state index in [0.717, 1.165) is 31.2 Å². The van der Waals surface area contributed by atoms with Crippen LogP contribution < -0.4 is 16.0 Å². The van der Waals surface area contributed by atoms with Gasteiger partial charge in [0.1, 0.15) is 0 Å². The van der Waals surface area contributed by atoms with Crippen LogP contribution in [0.2, 0.25) is 0 Å². The highest BCUT2D eigenvalue weighted by molar-refractivity contribution is 5.94. The SMILES string of the molecule is CC(=O)NC1CC2(C1)CC(NC(=O)CCOCCOCCNC(=O)c1ccc(-c3nnc(C)o3)cc1)C2. The molecule has 0 radical (unpaired) electrons. The Morgan fingerprint density at radius 1 is 0.946 bits per heavy atom. The van der Waals surface area contributed by atoms with E-state index in [1.807, 2.05) is 0 Å². The van der Waals surface area contributed by atoms with Gasteiger partial charge in [0.05, 0.1) is 26.4 Å². The van der Waals surface area contributed by atoms with E-state index in [4.69, 9.17) is 13.9 Å². The first-order valence-electron chi connectivity index (χ1n) is 12.7. The number of benzene rings is 1. The molecule has 1 spiro atoms. The molecule has 1 heterocycles. The zero-order valence-electron chi connectivity index (χ0n) is 21.4. The predicted molar refractivity (Wildman–Crippen MR) is 133 cm³/mol. The van der Waals surface area contributed by atoms with E-state index in [0.29, 0.717) is 68.2 Å². The van der Waals surface area contributed by atoms with Crippen molar-refractivity contribution in [3.8, 4) is 11.5 Å². The lowest BCUT2D eigenvalue weighted by Crippen LogP contribution is -2.61. The van der Waals surface area contributed by atoms with Crippen LogP contribution in [0, 0.1) is 12.3 Å². The smallest absolute Gasteiger partial charge is 0.251 e. The first-order chi connectivity index (χ1) is 17.8. The third-order valence-electron chi connectivity index (χ3n) is 6.79. The van der Waals surface area contributed by atoms with Crippen LogP contribution in [0.1, 0.15) is 55.3 Å². The highest BCUT2D eigenvalue weighted by Gasteiger charge is 2.53. The lowest BCUT2D eigenvalue weighted by Gasteiger charge is -2.57. The summed E-state index contributed by atoms with van der Waals surface area (Å²) in [6.45, 7) is 5.12. The van der Waals surface area contributed by atoms with Gasteiger partial charge in [-0.05, 0) is 55.4 Å². The number of aromatic nitrogens is 2. The Kier molecular flexibility index (Phi) is 8.88. The highest BCUT2D eigenvalue weighted by atomic mass is 16.5. The van der Waals surface area contributed by atoms with Crippen molar-refractivity contribution in [2.45, 2.75) is 58.0 Å². The van der Waals surface area contributed by atoms with Crippen LogP contribution >= 0.6 is 0 Å². The van der Waals surface area contributed by atoms with E-state index in [1.54, 1.807) is 38.1 Å². The second-order valence-corrected chi connectivity index (χ2v) is 9.91. The number of hydrogen-bond acceptors (Lipinski definition) is 8. The molecule has 11 heteroatoms. The molecule has 4 rings (SSSR count). The molecule has 11 nitrogen and oxygen atoms in total. The van der Waals surface area contributed by atoms with E-state index in [9.17, 15) is 14.4 Å². The Labute approximate surface area is 216 Å². The summed E-state index contributed by atoms with van der Waals surface area (Å²) in [7, 11) is 0. The molecule has 1 aromatic carbocycles. The number of carbonyl (C=O) groups is 3. The lowest BCUT2D eigenvalue weighted by molar-refractivity contribution is -0.127. The fourth-order valence-corrected chi connectivity index (χ4v) is 5.10. The Morgan fingerprint density at radius 2 is 1.59 bits per heavy atom. The van der Waals surface area contributed by atoms with Gasteiger partial charge in [-0.15, -0.1) is 10.2 Å². The molecule has 2 saturated carbocycles. The van der Waals surface area contributed by atoms with Crippen molar-refractivity contribution in [1.29, 1.82) is 0 Å². The largest absolute Gasteiger partial charge is 0.421 e. The summed E-state index contributed by atoms with van der Waals surface area (Å²) in [6, 6.07) is 7.46. The highest BCUT2D eigenvalue weighted by Crippen LogP contribution is 2.55. The van der Waals surface area contributed by atoms with Gasteiger partial charge in [-0.25, -0.2) is 0 Å². The molecule has 1 aromatic heterocycles. The molecule has 37 heavy (non-hydrogen) atoms. The number of hydrogen-bond donors (Lipinski definition) is 3. The molecule has 200 valence electrons. The maximum atomic E-state index is 12.2. The zero-order chi connectivity index (χ0) is 26.3. The van der Waals surface area contributed by atoms with Crippen LogP contribution in [0.4, 0.5) is 0 Å². The fraction of sp³-hybridized carbons (Fsp3) is 0.577. The van der Waals surface area contributed by atoms with Gasteiger partial charge >= 0.3 is 0 Å². The Hall–Kier alpha value is -3.31. The van der Waals surface area contributed by atoms with Crippen LogP contribution in [0.3, 0.4) is 0 Å². The summed E-state index contributed by atoms with van der Waals surface area (Å²) in [4.78, 5) is 35.4. The molecule has 3 N–H and O–H groups in total. The van der Waals surface area contributed by atoms with Crippen molar-refractivity contribution in [2.75, 3.05) is 33.0 Å². The second-order valence-electron chi connectivity index (χ2n) is 9.91. The van der Waals surface area contributed by atoms with Gasteiger partial charge in [0.2, 0.25) is 23.6 Å². The summed E-state index contributed by atoms with van der Waals surface area (Å²) >= 11 is 0. The Balaban J connectivity index is 0.969. The average molecular weight is 514 g/mol. The van der Waals surface area contributed by atoms with E-state index in [-0.39, 0.29) is 23.8 Å². The van der Waals surface area contributed by atoms with Crippen LogP contribution in [0.15, 0.2) is 28.7 Å². The molecule has 0 bridgehead atoms. The molecule has 2 aromatic rings. The summed E-state index contributed by atoms with van der Waals surface area (Å²) in [5.74, 6) is 0.734. The Morgan fingerprint density at radius 3 is 2.22 bits per heavy atom. The van der Waals surface area contributed by atoms with Gasteiger partial charge in [0, 0.05) is 50.0 Å². The third-order valence-corrected chi connectivity index (χ3v) is 6.79. The third kappa shape index (κ3) is 7.59. The summed E-state index contributed by atoms with van der Waals surface area (Å²) in [5.41, 5.74) is 1.60. The predicted octanol–water partition coefficient (Wildman–Crippen LogP) is 1.76. The quantitative estimate of drug-likeness (QED) is 0.344. The zero-order valence-corrected chi connectivity index (χ0v) is 21.4. The monoisotopic (exact) mass is 513 g/mol. The maximum absolute atomic E-state index is 12.2. The first-order valence-corrected chi connectivity index (χ1v) is 12.7. The van der Waals surface area contributed by atoms with Crippen molar-refractivity contribution < 1.29 is 28.3 Å².